The third-order valence-electron chi connectivity index (χ3n) is 5.03. The second-order valence-corrected chi connectivity index (χ2v) is 8.66. The Morgan fingerprint density at radius 1 is 1.00 bits per heavy atom. The largest absolute Gasteiger partial charge is 0.369 e. The first-order valence-electron chi connectivity index (χ1n) is 8.69. The van der Waals surface area contributed by atoms with Gasteiger partial charge in [-0.05, 0) is 42.3 Å². The third kappa shape index (κ3) is 2.97. The second-order valence-electron chi connectivity index (χ2n) is 6.72. The molecule has 1 amide bonds. The molecule has 2 heterocycles. The molecule has 0 aromatic heterocycles. The predicted molar refractivity (Wildman–Crippen MR) is 101 cm³/mol. The Bertz CT molecular complexity index is 964. The average Bonchev–Trinajstić information content (AvgIpc) is 3.01. The molecule has 0 spiro atoms. The summed E-state index contributed by atoms with van der Waals surface area (Å²) in [7, 11) is -3.55. The van der Waals surface area contributed by atoms with Crippen LogP contribution in [-0.2, 0) is 21.2 Å². The van der Waals surface area contributed by atoms with Crippen LogP contribution >= 0.6 is 0 Å². The first-order valence-corrected chi connectivity index (χ1v) is 10.1. The smallest absolute Gasteiger partial charge is 0.243 e. The van der Waals surface area contributed by atoms with E-state index in [-0.39, 0.29) is 17.2 Å². The minimum absolute atomic E-state index is 0.0959. The number of amides is 1. The van der Waals surface area contributed by atoms with Crippen molar-refractivity contribution >= 4 is 27.3 Å². The molecule has 7 heteroatoms. The third-order valence-corrected chi connectivity index (χ3v) is 6.93. The van der Waals surface area contributed by atoms with Crippen LogP contribution < -0.4 is 10.2 Å². The van der Waals surface area contributed by atoms with Gasteiger partial charge in [-0.3, -0.25) is 4.79 Å². The van der Waals surface area contributed by atoms with Gasteiger partial charge in [0.25, 0.3) is 0 Å². The molecule has 1 N–H and O–H groups in total. The van der Waals surface area contributed by atoms with Crippen molar-refractivity contribution in [2.24, 2.45) is 0 Å². The lowest BCUT2D eigenvalue weighted by molar-refractivity contribution is -0.115. The van der Waals surface area contributed by atoms with E-state index in [4.69, 9.17) is 0 Å². The Morgan fingerprint density at radius 3 is 2.46 bits per heavy atom. The minimum atomic E-state index is -3.55. The molecular formula is C19H21N3O3S. The summed E-state index contributed by atoms with van der Waals surface area (Å²) >= 11 is 0. The van der Waals surface area contributed by atoms with Gasteiger partial charge in [0.15, 0.2) is 0 Å². The summed E-state index contributed by atoms with van der Waals surface area (Å²) in [6.45, 7) is 4.29. The molecule has 0 aliphatic carbocycles. The van der Waals surface area contributed by atoms with Gasteiger partial charge >= 0.3 is 0 Å². The Kier molecular flexibility index (Phi) is 4.20. The van der Waals surface area contributed by atoms with Crippen molar-refractivity contribution in [2.75, 3.05) is 36.4 Å². The maximum Gasteiger partial charge on any atom is 0.243 e. The molecule has 4 rings (SSSR count). The number of hydrogen-bond donors (Lipinski definition) is 1. The van der Waals surface area contributed by atoms with Gasteiger partial charge in [-0.1, -0.05) is 18.2 Å². The molecule has 0 atom stereocenters. The van der Waals surface area contributed by atoms with Crippen LogP contribution in [0.15, 0.2) is 47.4 Å². The monoisotopic (exact) mass is 371 g/mol. The Labute approximate surface area is 153 Å². The maximum atomic E-state index is 13.0. The zero-order chi connectivity index (χ0) is 18.3. The van der Waals surface area contributed by atoms with E-state index < -0.39 is 10.0 Å². The molecule has 2 aliphatic rings. The summed E-state index contributed by atoms with van der Waals surface area (Å²) in [5.74, 6) is -0.0959. The topological polar surface area (TPSA) is 69.7 Å². The first-order chi connectivity index (χ1) is 12.4. The molecule has 0 radical (unpaired) electrons. The van der Waals surface area contributed by atoms with E-state index >= 15 is 0 Å². The van der Waals surface area contributed by atoms with Gasteiger partial charge < -0.3 is 10.2 Å². The molecule has 0 saturated carbocycles. The Hall–Kier alpha value is -2.38. The van der Waals surface area contributed by atoms with Crippen LogP contribution in [-0.4, -0.2) is 44.8 Å². The van der Waals surface area contributed by atoms with Crippen LogP contribution in [0.2, 0.25) is 0 Å². The van der Waals surface area contributed by atoms with Crippen molar-refractivity contribution in [3.63, 3.8) is 0 Å². The lowest BCUT2D eigenvalue weighted by Crippen LogP contribution is -2.48. The van der Waals surface area contributed by atoms with Crippen LogP contribution in [0, 0.1) is 6.92 Å². The van der Waals surface area contributed by atoms with Crippen molar-refractivity contribution in [1.82, 2.24) is 4.31 Å². The van der Waals surface area contributed by atoms with E-state index in [0.29, 0.717) is 31.9 Å². The number of aryl methyl sites for hydroxylation is 1. The highest BCUT2D eigenvalue weighted by atomic mass is 32.2. The number of anilines is 2. The van der Waals surface area contributed by atoms with Crippen LogP contribution in [0.5, 0.6) is 0 Å². The first kappa shape index (κ1) is 17.1. The van der Waals surface area contributed by atoms with E-state index in [0.717, 1.165) is 11.3 Å². The molecule has 0 unspecified atom stereocenters. The van der Waals surface area contributed by atoms with E-state index in [1.165, 1.54) is 9.87 Å². The number of piperazine rings is 1. The number of rotatable bonds is 3. The highest BCUT2D eigenvalue weighted by Crippen LogP contribution is 2.28. The minimum Gasteiger partial charge on any atom is -0.369 e. The predicted octanol–water partition coefficient (Wildman–Crippen LogP) is 2.00. The maximum absolute atomic E-state index is 13.0. The van der Waals surface area contributed by atoms with Crippen molar-refractivity contribution in [3.8, 4) is 0 Å². The summed E-state index contributed by atoms with van der Waals surface area (Å²) in [6, 6.07) is 13.0. The van der Waals surface area contributed by atoms with Crippen molar-refractivity contribution in [3.05, 3.63) is 53.6 Å². The lowest BCUT2D eigenvalue weighted by atomic mass is 10.1. The molecule has 2 aromatic rings. The number of nitrogens with one attached hydrogen (secondary N) is 1. The standard InChI is InChI=1S/C19H21N3O3S/c1-14-4-2-3-5-18(14)21-8-10-22(11-9-21)26(24,25)16-6-7-17-15(12-16)13-19(23)20-17/h2-7,12H,8-11,13H2,1H3,(H,20,23). The number of benzene rings is 2. The van der Waals surface area contributed by atoms with Crippen LogP contribution in [0.1, 0.15) is 11.1 Å². The Balaban J connectivity index is 1.51. The highest BCUT2D eigenvalue weighted by Gasteiger charge is 2.30. The number of nitrogens with zero attached hydrogens (tertiary/aromatic N) is 2. The summed E-state index contributed by atoms with van der Waals surface area (Å²) in [5, 5.41) is 2.73. The molecular weight excluding hydrogens is 350 g/mol. The average molecular weight is 371 g/mol. The summed E-state index contributed by atoms with van der Waals surface area (Å²) < 4.78 is 27.5. The number of carbonyl (C=O) groups excluding carboxylic acids is 1. The van der Waals surface area contributed by atoms with Crippen LogP contribution in [0.4, 0.5) is 11.4 Å². The lowest BCUT2D eigenvalue weighted by Gasteiger charge is -2.36. The number of hydrogen-bond acceptors (Lipinski definition) is 4. The molecule has 2 aromatic carbocycles. The van der Waals surface area contributed by atoms with Crippen molar-refractivity contribution in [2.45, 2.75) is 18.2 Å². The van der Waals surface area contributed by atoms with Gasteiger partial charge in [-0.15, -0.1) is 0 Å². The van der Waals surface area contributed by atoms with Gasteiger partial charge in [0.05, 0.1) is 11.3 Å². The SMILES string of the molecule is Cc1ccccc1N1CCN(S(=O)(=O)c2ccc3c(c2)CC(=O)N3)CC1. The molecule has 136 valence electrons. The molecule has 26 heavy (non-hydrogen) atoms. The normalized spacial score (nSPS) is 17.9. The van der Waals surface area contributed by atoms with Gasteiger partial charge in [0.2, 0.25) is 15.9 Å². The number of sulfonamides is 1. The fourth-order valence-electron chi connectivity index (χ4n) is 3.60. The van der Waals surface area contributed by atoms with E-state index in [1.807, 2.05) is 12.1 Å². The van der Waals surface area contributed by atoms with E-state index in [9.17, 15) is 13.2 Å². The van der Waals surface area contributed by atoms with E-state index in [2.05, 4.69) is 29.3 Å². The number of fused-ring (bicyclic) bond motifs is 1. The van der Waals surface area contributed by atoms with Crippen molar-refractivity contribution in [1.29, 1.82) is 0 Å². The van der Waals surface area contributed by atoms with E-state index in [1.54, 1.807) is 18.2 Å². The zero-order valence-electron chi connectivity index (χ0n) is 14.6. The molecule has 6 nitrogen and oxygen atoms in total. The number of carbonyl (C=O) groups is 1. The molecule has 1 fully saturated rings. The van der Waals surface area contributed by atoms with Crippen molar-refractivity contribution < 1.29 is 13.2 Å². The second kappa shape index (κ2) is 6.41. The molecule has 1 saturated heterocycles. The fourth-order valence-corrected chi connectivity index (χ4v) is 5.08. The summed E-state index contributed by atoms with van der Waals surface area (Å²) in [5.41, 5.74) is 3.80. The summed E-state index contributed by atoms with van der Waals surface area (Å²) in [6.07, 6.45) is 0.236. The zero-order valence-corrected chi connectivity index (χ0v) is 15.4. The quantitative estimate of drug-likeness (QED) is 0.896. The molecule has 0 bridgehead atoms. The van der Waals surface area contributed by atoms with Gasteiger partial charge in [-0.2, -0.15) is 4.31 Å². The van der Waals surface area contributed by atoms with Crippen LogP contribution in [0.25, 0.3) is 0 Å². The molecule has 2 aliphatic heterocycles. The van der Waals surface area contributed by atoms with Crippen LogP contribution in [0.3, 0.4) is 0 Å². The highest BCUT2D eigenvalue weighted by molar-refractivity contribution is 7.89. The fraction of sp³-hybridized carbons (Fsp3) is 0.316. The van der Waals surface area contributed by atoms with Gasteiger partial charge in [-0.25, -0.2) is 8.42 Å². The summed E-state index contributed by atoms with van der Waals surface area (Å²) in [4.78, 5) is 14.0. The van der Waals surface area contributed by atoms with Gasteiger partial charge in [0, 0.05) is 37.6 Å². The number of para-hydroxylation sites is 1. The van der Waals surface area contributed by atoms with Gasteiger partial charge in [0.1, 0.15) is 0 Å². The Morgan fingerprint density at radius 2 is 1.73 bits per heavy atom.